The van der Waals surface area contributed by atoms with E-state index < -0.39 is 0 Å². The van der Waals surface area contributed by atoms with Gasteiger partial charge in [0.05, 0.1) is 11.0 Å². The van der Waals surface area contributed by atoms with Crippen molar-refractivity contribution in [3.05, 3.63) is 387 Å². The van der Waals surface area contributed by atoms with Crippen molar-refractivity contribution in [2.45, 2.75) is 19.4 Å². The Morgan fingerprint density at radius 3 is 1.13 bits per heavy atom. The largest absolute Gasteiger partial charge is 0.342 e. The number of nitrogens with zero attached hydrogens (tertiary/aromatic N) is 4. The van der Waals surface area contributed by atoms with Crippen molar-refractivity contribution in [1.29, 1.82) is 0 Å². The molecule has 0 spiro atoms. The van der Waals surface area contributed by atoms with Gasteiger partial charge in [-0.1, -0.05) is 303 Å². The van der Waals surface area contributed by atoms with Gasteiger partial charge in [0.15, 0.2) is 0 Å². The van der Waals surface area contributed by atoms with Crippen molar-refractivity contribution < 1.29 is 0 Å². The fourth-order valence-corrected chi connectivity index (χ4v) is 19.2. The van der Waals surface area contributed by atoms with E-state index in [1.807, 2.05) is 0 Å². The Bertz CT molecular complexity index is 6750. The first-order valence-electron chi connectivity index (χ1n) is 38.1. The van der Waals surface area contributed by atoms with E-state index in [-0.39, 0.29) is 6.71 Å². The van der Waals surface area contributed by atoms with Gasteiger partial charge in [-0.05, 0) is 211 Å². The number of rotatable bonds is 14. The zero-order valence-electron chi connectivity index (χ0n) is 59.6. The third-order valence-electron chi connectivity index (χ3n) is 23.8. The van der Waals surface area contributed by atoms with Crippen LogP contribution in [-0.4, -0.2) is 28.9 Å². The molecule has 2 aliphatic heterocycles. The van der Waals surface area contributed by atoms with Crippen molar-refractivity contribution in [2.24, 2.45) is 0 Å². The first-order chi connectivity index (χ1) is 53.6. The molecule has 108 heavy (non-hydrogen) atoms. The van der Waals surface area contributed by atoms with E-state index in [4.69, 9.17) is 0 Å². The Morgan fingerprint density at radius 1 is 0.250 bits per heavy atom. The lowest BCUT2D eigenvalue weighted by Gasteiger charge is -2.45. The molecule has 0 aliphatic carbocycles. The summed E-state index contributed by atoms with van der Waals surface area (Å²) < 4.78 is 5.10. The molecule has 0 unspecified atom stereocenters. The second kappa shape index (κ2) is 25.1. The quantitative estimate of drug-likeness (QED) is 0.0613. The monoisotopic (exact) mass is 1370 g/mol. The summed E-state index contributed by atoms with van der Waals surface area (Å²) in [6.45, 7) is 1.92. The van der Waals surface area contributed by atoms with E-state index in [1.165, 1.54) is 198 Å². The maximum atomic E-state index is 2.77. The maximum absolute atomic E-state index is 2.77. The van der Waals surface area contributed by atoms with Crippen LogP contribution in [0.4, 0.5) is 22.7 Å². The molecule has 0 bridgehead atoms. The lowest BCUT2D eigenvalue weighted by atomic mass is 9.33. The molecule has 4 nitrogen and oxygen atoms in total. The molecule has 22 rings (SSSR count). The van der Waals surface area contributed by atoms with Gasteiger partial charge in [0.1, 0.15) is 0 Å². The van der Waals surface area contributed by atoms with Crippen LogP contribution in [0.1, 0.15) is 16.7 Å². The first kappa shape index (κ1) is 62.0. The van der Waals surface area contributed by atoms with Crippen LogP contribution in [0.2, 0.25) is 0 Å². The van der Waals surface area contributed by atoms with Crippen LogP contribution >= 0.6 is 0 Å². The first-order valence-corrected chi connectivity index (χ1v) is 38.1. The van der Waals surface area contributed by atoms with E-state index in [0.717, 1.165) is 18.5 Å². The fourth-order valence-electron chi connectivity index (χ4n) is 19.2. The molecule has 0 fully saturated rings. The van der Waals surface area contributed by atoms with E-state index in [1.54, 1.807) is 0 Å². The Balaban J connectivity index is 0.819. The average Bonchev–Trinajstić information content (AvgIpc) is 0.913. The van der Waals surface area contributed by atoms with Gasteiger partial charge in [-0.2, -0.15) is 0 Å². The van der Waals surface area contributed by atoms with Gasteiger partial charge in [-0.25, -0.2) is 0 Å². The number of para-hydroxylation sites is 4. The molecule has 0 saturated heterocycles. The second-order valence-corrected chi connectivity index (χ2v) is 29.6. The summed E-state index contributed by atoms with van der Waals surface area (Å²) in [4.78, 5) is 5.53. The van der Waals surface area contributed by atoms with Crippen molar-refractivity contribution >= 4 is 133 Å². The van der Waals surface area contributed by atoms with Crippen LogP contribution in [0.3, 0.4) is 0 Å². The summed E-state index contributed by atoms with van der Waals surface area (Å²) in [5, 5.41) is 15.4. The van der Waals surface area contributed by atoms with Crippen LogP contribution in [0, 0.1) is 0 Å². The zero-order valence-corrected chi connectivity index (χ0v) is 59.6. The average molecular weight is 1380 g/mol. The minimum Gasteiger partial charge on any atom is -0.342 e. The molecule has 0 N–H and O–H groups in total. The molecule has 0 saturated carbocycles. The van der Waals surface area contributed by atoms with Gasteiger partial charge in [0.2, 0.25) is 0 Å². The third kappa shape index (κ3) is 9.85. The Morgan fingerprint density at radius 2 is 0.639 bits per heavy atom. The molecule has 0 radical (unpaired) electrons. The van der Waals surface area contributed by atoms with Gasteiger partial charge in [0.25, 0.3) is 6.71 Å². The highest BCUT2D eigenvalue weighted by Gasteiger charge is 2.44. The number of fused-ring (bicyclic) bond motifs is 12. The highest BCUT2D eigenvalue weighted by atomic mass is 15.2. The smallest absolute Gasteiger partial charge is 0.252 e. The minimum atomic E-state index is -0.140. The highest BCUT2D eigenvalue weighted by molar-refractivity contribution is 7.00. The maximum Gasteiger partial charge on any atom is 0.252 e. The number of benzene rings is 18. The molecule has 506 valence electrons. The van der Waals surface area contributed by atoms with Crippen LogP contribution in [0.25, 0.3) is 148 Å². The van der Waals surface area contributed by atoms with Crippen molar-refractivity contribution in [1.82, 2.24) is 9.13 Å². The summed E-state index contributed by atoms with van der Waals surface area (Å²) in [6, 6.07) is 140. The Kier molecular flexibility index (Phi) is 14.4. The van der Waals surface area contributed by atoms with E-state index in [0.29, 0.717) is 19.6 Å². The van der Waals surface area contributed by atoms with Crippen LogP contribution in [0.15, 0.2) is 370 Å². The lowest BCUT2D eigenvalue weighted by Crippen LogP contribution is -2.62. The molecular formula is C103H71BN4. The van der Waals surface area contributed by atoms with Crippen LogP contribution < -0.4 is 26.2 Å². The van der Waals surface area contributed by atoms with Gasteiger partial charge in [-0.15, -0.1) is 0 Å². The number of anilines is 4. The summed E-state index contributed by atoms with van der Waals surface area (Å²) in [5.41, 5.74) is 31.1. The molecule has 2 aliphatic rings. The standard InChI is InChI=1S/C103H71BN4/c1-5-26-68(27-6-1)77-41-24-42-78(69-28-7-2-8-29-69)81(77)56-58-105-97-64-73(75-62-74-36-23-46-88-87-45-21-34-72-35-22-47-89(101(72)87)90(63-75)102(74)88)52-54-91(97)104-92-55-53-76(108-95-50-19-15-39-85(95)86-40-16-20-51-96(86)108)65-98(92)106(59-57-82-79(70-30-9-3-10-31-70)43-25-44-80(82)71-32-11-4-12-33-71)100-61-67(60-99(105)103(100)104)66-107-93-48-17-13-37-83(93)84-38-14-18-49-94(84)107/h1-55,60-65H,56-59,66H2. The zero-order chi connectivity index (χ0) is 70.9. The van der Waals surface area contributed by atoms with Gasteiger partial charge >= 0.3 is 0 Å². The number of hydrogen-bond acceptors (Lipinski definition) is 2. The second-order valence-electron chi connectivity index (χ2n) is 29.6. The molecule has 5 heteroatoms. The normalized spacial score (nSPS) is 12.6. The predicted octanol–water partition coefficient (Wildman–Crippen LogP) is 24.2. The van der Waals surface area contributed by atoms with Crippen LogP contribution in [-0.2, 0) is 19.4 Å². The molecule has 4 heterocycles. The van der Waals surface area contributed by atoms with Crippen LogP contribution in [0.5, 0.6) is 0 Å². The molecular weight excluding hydrogens is 1300 g/mol. The Labute approximate surface area is 627 Å². The molecule has 18 aromatic carbocycles. The molecule has 0 atom stereocenters. The number of hydrogen-bond donors (Lipinski definition) is 0. The lowest BCUT2D eigenvalue weighted by molar-refractivity contribution is 0.860. The SMILES string of the molecule is c1ccc(-c2cccc(-c3ccccc3)c2CCN2c3cc(-c4cc5cccc6c7cccc8cccc(c(c4)c56)c87)ccc3B3c4ccc(-n5c6ccccc6c6ccccc65)cc4N(CCc4c(-c5ccccc5)cccc4-c4ccccc4)c4cc(Cn5c6ccccc6c6ccccc65)cc2c43)cc1. The molecule has 0 amide bonds. The summed E-state index contributed by atoms with van der Waals surface area (Å²) in [7, 11) is 0. The van der Waals surface area contributed by atoms with Crippen molar-refractivity contribution in [3.8, 4) is 61.3 Å². The summed E-state index contributed by atoms with van der Waals surface area (Å²) >= 11 is 0. The van der Waals surface area contributed by atoms with E-state index in [2.05, 4.69) is 389 Å². The highest BCUT2D eigenvalue weighted by Crippen LogP contribution is 2.47. The predicted molar refractivity (Wildman–Crippen MR) is 460 cm³/mol. The van der Waals surface area contributed by atoms with E-state index in [9.17, 15) is 0 Å². The summed E-state index contributed by atoms with van der Waals surface area (Å²) in [6.07, 6.45) is 1.53. The third-order valence-corrected chi connectivity index (χ3v) is 23.8. The topological polar surface area (TPSA) is 16.3 Å². The minimum absolute atomic E-state index is 0.140. The van der Waals surface area contributed by atoms with E-state index >= 15 is 0 Å². The number of aromatic nitrogens is 2. The van der Waals surface area contributed by atoms with Gasteiger partial charge in [0, 0.05) is 80.6 Å². The fraction of sp³-hybridized carbons (Fsp3) is 0.0485. The summed E-state index contributed by atoms with van der Waals surface area (Å²) in [5.74, 6) is 0. The molecule has 2 aromatic heterocycles. The van der Waals surface area contributed by atoms with Crippen molar-refractivity contribution in [2.75, 3.05) is 22.9 Å². The Hall–Kier alpha value is -13.5. The molecule has 20 aromatic rings. The van der Waals surface area contributed by atoms with Gasteiger partial charge in [-0.3, -0.25) is 0 Å². The van der Waals surface area contributed by atoms with Crippen molar-refractivity contribution in [3.63, 3.8) is 0 Å². The van der Waals surface area contributed by atoms with Gasteiger partial charge < -0.3 is 18.9 Å².